The molecule has 0 aromatic rings. The van der Waals surface area contributed by atoms with E-state index in [0.29, 0.717) is 0 Å². The molecule has 0 aromatic carbocycles. The summed E-state index contributed by atoms with van der Waals surface area (Å²) >= 11 is 0. The fourth-order valence-corrected chi connectivity index (χ4v) is 17.8. The predicted molar refractivity (Wildman–Crippen MR) is 183 cm³/mol. The van der Waals surface area contributed by atoms with Gasteiger partial charge < -0.3 is 22.4 Å². The summed E-state index contributed by atoms with van der Waals surface area (Å²) in [6.07, 6.45) is -4.62. The molecule has 1 aliphatic heterocycles. The van der Waals surface area contributed by atoms with Crippen molar-refractivity contribution in [2.45, 2.75) is 180 Å². The molecule has 42 heavy (non-hydrogen) atoms. The highest BCUT2D eigenvalue weighted by Gasteiger charge is 2.54. The Bertz CT molecular complexity index is 765. The first-order chi connectivity index (χ1) is 19.9. The van der Waals surface area contributed by atoms with Crippen molar-refractivity contribution in [3.63, 3.8) is 0 Å². The second kappa shape index (κ2) is 18.3. The largest absolute Gasteiger partial charge is 0.481 e. The van der Waals surface area contributed by atoms with Gasteiger partial charge in [-0.3, -0.25) is 0 Å². The van der Waals surface area contributed by atoms with Crippen molar-refractivity contribution < 1.29 is 31.2 Å². The van der Waals surface area contributed by atoms with Gasteiger partial charge in [0, 0.05) is 0 Å². The molecule has 250 valence electrons. The molecule has 11 heteroatoms. The van der Waals surface area contributed by atoms with Crippen LogP contribution in [0.3, 0.4) is 0 Å². The molecule has 5 nitrogen and oxygen atoms in total. The molecular formula is C31H66F2O5Si4. The summed E-state index contributed by atoms with van der Waals surface area (Å²) in [5.74, 6) is -0.347. The molecular weight excluding hydrogens is 603 g/mol. The Morgan fingerprint density at radius 1 is 0.524 bits per heavy atom. The maximum atomic E-state index is 15.0. The zero-order valence-electron chi connectivity index (χ0n) is 29.3. The van der Waals surface area contributed by atoms with E-state index in [1.807, 2.05) is 0 Å². The average Bonchev–Trinajstić information content (AvgIpc) is 3.03. The zero-order chi connectivity index (χ0) is 32.2. The summed E-state index contributed by atoms with van der Waals surface area (Å²) < 4.78 is 64.6. The normalized spacial score (nSPS) is 22.4. The molecule has 0 aliphatic carbocycles. The van der Waals surface area contributed by atoms with Gasteiger partial charge in [0.25, 0.3) is 0 Å². The summed E-state index contributed by atoms with van der Waals surface area (Å²) in [5.41, 5.74) is 0. The van der Waals surface area contributed by atoms with Gasteiger partial charge >= 0.3 is 6.08 Å². The van der Waals surface area contributed by atoms with Crippen LogP contribution in [0.25, 0.3) is 0 Å². The molecule has 1 heterocycles. The summed E-state index contributed by atoms with van der Waals surface area (Å²) in [6, 6.07) is 11.1. The minimum Gasteiger partial charge on any atom is -0.481 e. The first kappa shape index (κ1) is 40.1. The van der Waals surface area contributed by atoms with Crippen molar-refractivity contribution >= 4 is 33.3 Å². The van der Waals surface area contributed by atoms with E-state index in [-0.39, 0.29) is 12.4 Å². The number of halogens is 2. The lowest BCUT2D eigenvalue weighted by Gasteiger charge is -2.51. The molecule has 0 spiro atoms. The molecule has 0 N–H and O–H groups in total. The van der Waals surface area contributed by atoms with Crippen molar-refractivity contribution in [1.82, 2.24) is 0 Å². The van der Waals surface area contributed by atoms with Crippen LogP contribution in [0.1, 0.15) is 83.1 Å². The molecule has 1 rings (SSSR count). The number of hydrogen-bond acceptors (Lipinski definition) is 5. The molecule has 1 saturated heterocycles. The summed E-state index contributed by atoms with van der Waals surface area (Å²) in [4.78, 5) is 0. The first-order valence-corrected chi connectivity index (χ1v) is 27.4. The molecule has 0 amide bonds. The lowest BCUT2D eigenvalue weighted by Crippen LogP contribution is -2.64. The SMILES string of the molecule is CC[Si](CC)(CC)OCC1OC(=C(F)F)C(O[Si](CC)(CC)CC)C(O[Si](CC)(CC)CC)[C@@H]1O[Si](CC)(CC)CC. The van der Waals surface area contributed by atoms with Gasteiger partial charge in [0.2, 0.25) is 0 Å². The van der Waals surface area contributed by atoms with Crippen LogP contribution in [0.2, 0.25) is 72.5 Å². The van der Waals surface area contributed by atoms with Crippen LogP contribution in [-0.4, -0.2) is 64.3 Å². The second-order valence-electron chi connectivity index (χ2n) is 12.3. The lowest BCUT2D eigenvalue weighted by molar-refractivity contribution is -0.152. The predicted octanol–water partition coefficient (Wildman–Crippen LogP) is 10.7. The molecule has 0 saturated carbocycles. The third-order valence-corrected chi connectivity index (χ3v) is 29.7. The summed E-state index contributed by atoms with van der Waals surface area (Å²) in [6.45, 7) is 26.4. The first-order valence-electron chi connectivity index (χ1n) is 17.3. The summed E-state index contributed by atoms with van der Waals surface area (Å²) in [5, 5.41) is 0. The van der Waals surface area contributed by atoms with Crippen LogP contribution >= 0.6 is 0 Å². The fraction of sp³-hybridized carbons (Fsp3) is 0.935. The molecule has 1 aliphatic rings. The molecule has 0 radical (unpaired) electrons. The number of hydrogen-bond donors (Lipinski definition) is 0. The van der Waals surface area contributed by atoms with Gasteiger partial charge in [-0.05, 0) is 72.5 Å². The molecule has 0 aromatic heterocycles. The van der Waals surface area contributed by atoms with E-state index in [9.17, 15) is 0 Å². The summed E-state index contributed by atoms with van der Waals surface area (Å²) in [7, 11) is -8.78. The van der Waals surface area contributed by atoms with Gasteiger partial charge in [0.15, 0.2) is 39.0 Å². The Labute approximate surface area is 262 Å². The third kappa shape index (κ3) is 9.32. The molecule has 3 unspecified atom stereocenters. The third-order valence-electron chi connectivity index (χ3n) is 11.1. The average molecular weight is 669 g/mol. The standard InChI is InChI=1S/C31H66F2O5Si4/c1-13-39(14-2,15-3)34-25-26-27(36-40(16-4,17-5)18-6)28(37-41(19-7,20-8)21-9)29(30(35-26)31(32)33)38-42(22-10,23-11)24-12/h26-29H,13-25H2,1-12H3/t26?,27-,28?,29?/m1/s1. The van der Waals surface area contributed by atoms with Crippen LogP contribution in [0.15, 0.2) is 11.8 Å². The maximum Gasteiger partial charge on any atom is 0.310 e. The topological polar surface area (TPSA) is 46.2 Å². The minimum absolute atomic E-state index is 0.244. The zero-order valence-corrected chi connectivity index (χ0v) is 33.3. The van der Waals surface area contributed by atoms with E-state index in [0.717, 1.165) is 72.5 Å². The number of rotatable bonds is 21. The van der Waals surface area contributed by atoms with E-state index in [1.54, 1.807) is 0 Å². The van der Waals surface area contributed by atoms with E-state index in [2.05, 4.69) is 83.1 Å². The molecule has 1 fully saturated rings. The number of ether oxygens (including phenoxy) is 1. The minimum atomic E-state index is -2.32. The van der Waals surface area contributed by atoms with Gasteiger partial charge in [-0.1, -0.05) is 83.1 Å². The van der Waals surface area contributed by atoms with Gasteiger partial charge in [-0.2, -0.15) is 8.78 Å². The van der Waals surface area contributed by atoms with Crippen LogP contribution in [0.5, 0.6) is 0 Å². The van der Waals surface area contributed by atoms with Crippen molar-refractivity contribution in [2.24, 2.45) is 0 Å². The van der Waals surface area contributed by atoms with Crippen molar-refractivity contribution in [3.05, 3.63) is 11.8 Å². The lowest BCUT2D eigenvalue weighted by atomic mass is 9.98. The van der Waals surface area contributed by atoms with Crippen molar-refractivity contribution in [2.75, 3.05) is 6.61 Å². The molecule has 0 bridgehead atoms. The van der Waals surface area contributed by atoms with E-state index < -0.39 is 63.8 Å². The quantitative estimate of drug-likeness (QED) is 0.114. The highest BCUT2D eigenvalue weighted by atomic mass is 28.4. The van der Waals surface area contributed by atoms with E-state index >= 15 is 8.78 Å². The van der Waals surface area contributed by atoms with Crippen molar-refractivity contribution in [1.29, 1.82) is 0 Å². The van der Waals surface area contributed by atoms with Crippen LogP contribution < -0.4 is 0 Å². The Balaban J connectivity index is 3.95. The fourth-order valence-electron chi connectivity index (χ4n) is 6.67. The van der Waals surface area contributed by atoms with Gasteiger partial charge in [-0.25, -0.2) is 0 Å². The Kier molecular flexibility index (Phi) is 17.5. The van der Waals surface area contributed by atoms with Gasteiger partial charge in [0.1, 0.15) is 24.4 Å². The molecule has 4 atom stereocenters. The van der Waals surface area contributed by atoms with Crippen LogP contribution in [0, 0.1) is 0 Å². The Morgan fingerprint density at radius 2 is 0.857 bits per heavy atom. The highest BCUT2D eigenvalue weighted by Crippen LogP contribution is 2.42. The maximum absolute atomic E-state index is 15.0. The smallest absolute Gasteiger partial charge is 0.310 e. The highest BCUT2D eigenvalue weighted by molar-refractivity contribution is 6.75. The second-order valence-corrected chi connectivity index (χ2v) is 31.2. The Morgan fingerprint density at radius 3 is 1.19 bits per heavy atom. The monoisotopic (exact) mass is 668 g/mol. The van der Waals surface area contributed by atoms with E-state index in [4.69, 9.17) is 22.4 Å². The van der Waals surface area contributed by atoms with Crippen LogP contribution in [0.4, 0.5) is 8.78 Å². The van der Waals surface area contributed by atoms with Crippen LogP contribution in [-0.2, 0) is 22.4 Å². The van der Waals surface area contributed by atoms with Crippen molar-refractivity contribution in [3.8, 4) is 0 Å². The Hall–Kier alpha value is 0.108. The van der Waals surface area contributed by atoms with Gasteiger partial charge in [0.05, 0.1) is 6.61 Å². The van der Waals surface area contributed by atoms with Gasteiger partial charge in [-0.15, -0.1) is 0 Å². The van der Waals surface area contributed by atoms with E-state index in [1.165, 1.54) is 0 Å².